The number of anilines is 1. The standard InChI is InChI=1S/C17H19N3S/c1-4-12(3)20-16-15-14(9-21-17(15)19-10-18-16)13-7-5-11(2)6-8-13/h5-10,12H,4H2,1-3H3,(H,18,19,20). The van der Waals surface area contributed by atoms with Gasteiger partial charge in [-0.2, -0.15) is 0 Å². The molecule has 0 aliphatic rings. The highest BCUT2D eigenvalue weighted by Crippen LogP contribution is 2.36. The number of thiophene rings is 1. The first kappa shape index (κ1) is 14.0. The average molecular weight is 297 g/mol. The molecular weight excluding hydrogens is 278 g/mol. The van der Waals surface area contributed by atoms with Crippen LogP contribution < -0.4 is 5.32 Å². The Morgan fingerprint density at radius 3 is 2.67 bits per heavy atom. The van der Waals surface area contributed by atoms with Crippen LogP contribution in [-0.4, -0.2) is 16.0 Å². The first-order valence-electron chi connectivity index (χ1n) is 7.24. The molecule has 0 amide bonds. The lowest BCUT2D eigenvalue weighted by Crippen LogP contribution is -2.14. The maximum atomic E-state index is 4.46. The summed E-state index contributed by atoms with van der Waals surface area (Å²) >= 11 is 1.67. The van der Waals surface area contributed by atoms with Gasteiger partial charge in [0.2, 0.25) is 0 Å². The molecule has 21 heavy (non-hydrogen) atoms. The SMILES string of the molecule is CCC(C)Nc1ncnc2scc(-c3ccc(C)cc3)c12. The molecule has 0 fully saturated rings. The largest absolute Gasteiger partial charge is 0.367 e. The third-order valence-electron chi connectivity index (χ3n) is 3.73. The molecule has 0 saturated heterocycles. The van der Waals surface area contributed by atoms with E-state index in [2.05, 4.69) is 65.7 Å². The predicted octanol–water partition coefficient (Wildman–Crippen LogP) is 4.88. The molecule has 0 radical (unpaired) electrons. The van der Waals surface area contributed by atoms with Crippen LogP contribution in [0.4, 0.5) is 5.82 Å². The van der Waals surface area contributed by atoms with E-state index < -0.39 is 0 Å². The molecular formula is C17H19N3S. The smallest absolute Gasteiger partial charge is 0.139 e. The highest BCUT2D eigenvalue weighted by molar-refractivity contribution is 7.17. The van der Waals surface area contributed by atoms with Crippen LogP contribution in [0.5, 0.6) is 0 Å². The van der Waals surface area contributed by atoms with E-state index in [1.54, 1.807) is 17.7 Å². The zero-order valence-corrected chi connectivity index (χ0v) is 13.4. The van der Waals surface area contributed by atoms with Crippen molar-refractivity contribution in [1.29, 1.82) is 0 Å². The summed E-state index contributed by atoms with van der Waals surface area (Å²) in [6.45, 7) is 6.45. The maximum absolute atomic E-state index is 4.46. The van der Waals surface area contributed by atoms with E-state index in [-0.39, 0.29) is 0 Å². The highest BCUT2D eigenvalue weighted by Gasteiger charge is 2.13. The molecule has 3 aromatic rings. The van der Waals surface area contributed by atoms with Crippen molar-refractivity contribution in [1.82, 2.24) is 9.97 Å². The number of hydrogen-bond donors (Lipinski definition) is 1. The van der Waals surface area contributed by atoms with Crippen LogP contribution in [0.25, 0.3) is 21.3 Å². The summed E-state index contributed by atoms with van der Waals surface area (Å²) in [7, 11) is 0. The second-order valence-corrected chi connectivity index (χ2v) is 6.23. The Morgan fingerprint density at radius 1 is 1.19 bits per heavy atom. The van der Waals surface area contributed by atoms with Crippen molar-refractivity contribution in [2.75, 3.05) is 5.32 Å². The fourth-order valence-electron chi connectivity index (χ4n) is 2.27. The van der Waals surface area contributed by atoms with Gasteiger partial charge in [-0.1, -0.05) is 36.8 Å². The van der Waals surface area contributed by atoms with Crippen LogP contribution in [0.15, 0.2) is 36.0 Å². The molecule has 4 heteroatoms. The monoisotopic (exact) mass is 297 g/mol. The van der Waals surface area contributed by atoms with Gasteiger partial charge >= 0.3 is 0 Å². The molecule has 1 atom stereocenters. The number of fused-ring (bicyclic) bond motifs is 1. The van der Waals surface area contributed by atoms with E-state index in [0.717, 1.165) is 22.5 Å². The molecule has 1 N–H and O–H groups in total. The van der Waals surface area contributed by atoms with Gasteiger partial charge in [0, 0.05) is 17.0 Å². The van der Waals surface area contributed by atoms with E-state index in [9.17, 15) is 0 Å². The zero-order chi connectivity index (χ0) is 14.8. The third-order valence-corrected chi connectivity index (χ3v) is 4.61. The molecule has 0 aliphatic carbocycles. The lowest BCUT2D eigenvalue weighted by molar-refractivity contribution is 0.760. The van der Waals surface area contributed by atoms with Crippen molar-refractivity contribution >= 4 is 27.4 Å². The highest BCUT2D eigenvalue weighted by atomic mass is 32.1. The molecule has 2 heterocycles. The number of aromatic nitrogens is 2. The Labute approximate surface area is 129 Å². The van der Waals surface area contributed by atoms with E-state index in [1.807, 2.05) is 0 Å². The quantitative estimate of drug-likeness (QED) is 0.746. The van der Waals surface area contributed by atoms with Crippen molar-refractivity contribution in [3.05, 3.63) is 41.5 Å². The summed E-state index contributed by atoms with van der Waals surface area (Å²) < 4.78 is 0. The number of rotatable bonds is 4. The normalized spacial score (nSPS) is 12.5. The van der Waals surface area contributed by atoms with Crippen LogP contribution in [0.2, 0.25) is 0 Å². The summed E-state index contributed by atoms with van der Waals surface area (Å²) in [5.74, 6) is 0.936. The van der Waals surface area contributed by atoms with Gasteiger partial charge in [0.15, 0.2) is 0 Å². The van der Waals surface area contributed by atoms with Crippen LogP contribution in [-0.2, 0) is 0 Å². The fourth-order valence-corrected chi connectivity index (χ4v) is 3.18. The van der Waals surface area contributed by atoms with E-state index in [1.165, 1.54) is 16.7 Å². The topological polar surface area (TPSA) is 37.8 Å². The lowest BCUT2D eigenvalue weighted by Gasteiger charge is -2.13. The second kappa shape index (κ2) is 5.82. The minimum Gasteiger partial charge on any atom is -0.367 e. The molecule has 0 aliphatic heterocycles. The maximum Gasteiger partial charge on any atom is 0.139 e. The summed E-state index contributed by atoms with van der Waals surface area (Å²) in [4.78, 5) is 9.89. The molecule has 3 rings (SSSR count). The molecule has 1 unspecified atom stereocenters. The number of nitrogens with one attached hydrogen (secondary N) is 1. The van der Waals surface area contributed by atoms with E-state index >= 15 is 0 Å². The number of benzene rings is 1. The van der Waals surface area contributed by atoms with E-state index in [4.69, 9.17) is 0 Å². The van der Waals surface area contributed by atoms with Gasteiger partial charge in [0.25, 0.3) is 0 Å². The molecule has 3 nitrogen and oxygen atoms in total. The minimum absolute atomic E-state index is 0.397. The van der Waals surface area contributed by atoms with E-state index in [0.29, 0.717) is 6.04 Å². The van der Waals surface area contributed by atoms with Crippen LogP contribution in [0.3, 0.4) is 0 Å². The van der Waals surface area contributed by atoms with Crippen molar-refractivity contribution in [2.45, 2.75) is 33.2 Å². The van der Waals surface area contributed by atoms with Crippen molar-refractivity contribution in [3.63, 3.8) is 0 Å². The Balaban J connectivity index is 2.13. The number of hydrogen-bond acceptors (Lipinski definition) is 4. The van der Waals surface area contributed by atoms with Crippen LogP contribution in [0, 0.1) is 6.92 Å². The number of aryl methyl sites for hydroxylation is 1. The molecule has 108 valence electrons. The summed E-state index contributed by atoms with van der Waals surface area (Å²) in [5, 5.41) is 6.80. The summed E-state index contributed by atoms with van der Waals surface area (Å²) in [5.41, 5.74) is 3.70. The first-order valence-corrected chi connectivity index (χ1v) is 8.12. The summed E-state index contributed by atoms with van der Waals surface area (Å²) in [6, 6.07) is 9.01. The Hall–Kier alpha value is -1.94. The number of nitrogens with zero attached hydrogens (tertiary/aromatic N) is 2. The van der Waals surface area contributed by atoms with Crippen molar-refractivity contribution in [3.8, 4) is 11.1 Å². The average Bonchev–Trinajstić information content (AvgIpc) is 2.93. The third kappa shape index (κ3) is 2.76. The van der Waals surface area contributed by atoms with Crippen LogP contribution in [0.1, 0.15) is 25.8 Å². The van der Waals surface area contributed by atoms with Crippen LogP contribution >= 0.6 is 11.3 Å². The van der Waals surface area contributed by atoms with Gasteiger partial charge in [-0.05, 0) is 25.8 Å². The Morgan fingerprint density at radius 2 is 1.95 bits per heavy atom. The second-order valence-electron chi connectivity index (χ2n) is 5.37. The molecule has 0 spiro atoms. The Kier molecular flexibility index (Phi) is 3.88. The predicted molar refractivity (Wildman–Crippen MR) is 91.0 cm³/mol. The molecule has 0 saturated carbocycles. The fraction of sp³-hybridized carbons (Fsp3) is 0.294. The van der Waals surface area contributed by atoms with Gasteiger partial charge in [-0.25, -0.2) is 9.97 Å². The zero-order valence-electron chi connectivity index (χ0n) is 12.6. The lowest BCUT2D eigenvalue weighted by atomic mass is 10.0. The Bertz CT molecular complexity index is 746. The van der Waals surface area contributed by atoms with Crippen molar-refractivity contribution in [2.24, 2.45) is 0 Å². The summed E-state index contributed by atoms with van der Waals surface area (Å²) in [6.07, 6.45) is 2.71. The van der Waals surface area contributed by atoms with Gasteiger partial charge in [0.05, 0.1) is 5.39 Å². The first-order chi connectivity index (χ1) is 10.2. The van der Waals surface area contributed by atoms with Gasteiger partial charge in [-0.15, -0.1) is 11.3 Å². The van der Waals surface area contributed by atoms with Gasteiger partial charge in [-0.3, -0.25) is 0 Å². The minimum atomic E-state index is 0.397. The molecule has 2 aromatic heterocycles. The molecule has 1 aromatic carbocycles. The van der Waals surface area contributed by atoms with Gasteiger partial charge in [0.1, 0.15) is 17.0 Å². The molecule has 0 bridgehead atoms. The van der Waals surface area contributed by atoms with Gasteiger partial charge < -0.3 is 5.32 Å². The van der Waals surface area contributed by atoms with Crippen molar-refractivity contribution < 1.29 is 0 Å².